The fraction of sp³-hybridized carbons (Fsp3) is 0.400. The van der Waals surface area contributed by atoms with E-state index in [1.54, 1.807) is 12.4 Å². The summed E-state index contributed by atoms with van der Waals surface area (Å²) in [7, 11) is 0. The molecule has 3 rings (SSSR count). The first kappa shape index (κ1) is 12.3. The van der Waals surface area contributed by atoms with Crippen LogP contribution in [0.4, 0.5) is 10.7 Å². The van der Waals surface area contributed by atoms with E-state index >= 15 is 0 Å². The summed E-state index contributed by atoms with van der Waals surface area (Å²) in [4.78, 5) is 22.7. The van der Waals surface area contributed by atoms with Crippen molar-refractivity contribution in [2.45, 2.75) is 0 Å². The Bertz CT molecular complexity index is 576. The van der Waals surface area contributed by atoms with Gasteiger partial charge in [0.2, 0.25) is 11.8 Å². The predicted molar refractivity (Wildman–Crippen MR) is 67.0 cm³/mol. The maximum atomic E-state index is 10.8. The Kier molecular flexibility index (Phi) is 3.11. The number of carbonyl (C=O) groups is 1. The number of H-pyrrole nitrogens is 1. The molecule has 0 aromatic carbocycles. The molecule has 104 valence electrons. The van der Waals surface area contributed by atoms with E-state index in [2.05, 4.69) is 30.6 Å². The second-order valence-electron chi connectivity index (χ2n) is 4.26. The molecule has 0 saturated carbocycles. The summed E-state index contributed by atoms with van der Waals surface area (Å²) >= 11 is 0. The molecule has 0 atom stereocenters. The zero-order chi connectivity index (χ0) is 13.9. The number of nitrogens with one attached hydrogen (secondary N) is 1. The van der Waals surface area contributed by atoms with E-state index < -0.39 is 6.09 Å². The van der Waals surface area contributed by atoms with Crippen LogP contribution in [0.3, 0.4) is 0 Å². The summed E-state index contributed by atoms with van der Waals surface area (Å²) in [5.41, 5.74) is 0.673. The molecule has 1 aliphatic rings. The Morgan fingerprint density at radius 1 is 1.20 bits per heavy atom. The molecule has 10 heteroatoms. The third-order valence-corrected chi connectivity index (χ3v) is 3.07. The smallest absolute Gasteiger partial charge is 0.407 e. The van der Waals surface area contributed by atoms with Crippen LogP contribution in [0.15, 0.2) is 12.4 Å². The fourth-order valence-electron chi connectivity index (χ4n) is 1.98. The van der Waals surface area contributed by atoms with E-state index in [1.807, 2.05) is 4.90 Å². The van der Waals surface area contributed by atoms with Gasteiger partial charge in [0, 0.05) is 38.6 Å². The van der Waals surface area contributed by atoms with Gasteiger partial charge >= 0.3 is 6.09 Å². The molecule has 3 heterocycles. The Labute approximate surface area is 113 Å². The second kappa shape index (κ2) is 5.07. The minimum Gasteiger partial charge on any atom is -0.465 e. The number of anilines is 1. The maximum absolute atomic E-state index is 10.8. The van der Waals surface area contributed by atoms with Gasteiger partial charge in [0.15, 0.2) is 0 Å². The zero-order valence-electron chi connectivity index (χ0n) is 10.5. The van der Waals surface area contributed by atoms with Crippen LogP contribution in [0.25, 0.3) is 11.4 Å². The standard InChI is InChI=1S/C10H12N8O2/c19-10(20)18-3-1-17(2-4-18)9-11-5-7(6-12-9)8-13-15-16-14-8/h5-6H,1-4H2,(H,19,20)(H,13,14,15,16). The lowest BCUT2D eigenvalue weighted by atomic mass is 10.3. The largest absolute Gasteiger partial charge is 0.465 e. The number of amides is 1. The van der Waals surface area contributed by atoms with Crippen molar-refractivity contribution in [1.29, 1.82) is 0 Å². The van der Waals surface area contributed by atoms with Crippen LogP contribution in [-0.2, 0) is 0 Å². The van der Waals surface area contributed by atoms with Crippen LogP contribution < -0.4 is 4.90 Å². The lowest BCUT2D eigenvalue weighted by Gasteiger charge is -2.32. The number of nitrogens with zero attached hydrogens (tertiary/aromatic N) is 7. The van der Waals surface area contributed by atoms with Crippen LogP contribution >= 0.6 is 0 Å². The van der Waals surface area contributed by atoms with Gasteiger partial charge in [0.1, 0.15) is 0 Å². The predicted octanol–water partition coefficient (Wildman–Crippen LogP) is -0.543. The molecule has 2 aromatic rings. The van der Waals surface area contributed by atoms with E-state index in [0.29, 0.717) is 43.5 Å². The average Bonchev–Trinajstić information content (AvgIpc) is 3.02. The maximum Gasteiger partial charge on any atom is 0.407 e. The Balaban J connectivity index is 1.68. The normalized spacial score (nSPS) is 15.4. The first-order valence-electron chi connectivity index (χ1n) is 6.03. The van der Waals surface area contributed by atoms with Crippen molar-refractivity contribution in [3.8, 4) is 11.4 Å². The molecular formula is C10H12N8O2. The molecule has 2 N–H and O–H groups in total. The Morgan fingerprint density at radius 3 is 2.45 bits per heavy atom. The Hall–Kier alpha value is -2.78. The zero-order valence-corrected chi connectivity index (χ0v) is 10.5. The summed E-state index contributed by atoms with van der Waals surface area (Å²) in [6.45, 7) is 2.05. The van der Waals surface area contributed by atoms with Crippen molar-refractivity contribution < 1.29 is 9.90 Å². The van der Waals surface area contributed by atoms with E-state index in [0.717, 1.165) is 0 Å². The lowest BCUT2D eigenvalue weighted by molar-refractivity contribution is 0.142. The number of rotatable bonds is 2. The SMILES string of the molecule is O=C(O)N1CCN(c2ncc(-c3nn[nH]n3)cn2)CC1. The minimum atomic E-state index is -0.891. The summed E-state index contributed by atoms with van der Waals surface area (Å²) in [6, 6.07) is 0. The van der Waals surface area contributed by atoms with Crippen LogP contribution in [0.5, 0.6) is 0 Å². The van der Waals surface area contributed by atoms with Gasteiger partial charge in [0.05, 0.1) is 5.56 Å². The number of tetrazole rings is 1. The molecule has 10 nitrogen and oxygen atoms in total. The van der Waals surface area contributed by atoms with Crippen molar-refractivity contribution in [3.05, 3.63) is 12.4 Å². The van der Waals surface area contributed by atoms with Gasteiger partial charge in [-0.2, -0.15) is 5.21 Å². The molecule has 1 saturated heterocycles. The number of hydrogen-bond donors (Lipinski definition) is 2. The van der Waals surface area contributed by atoms with Gasteiger partial charge in [-0.3, -0.25) is 0 Å². The lowest BCUT2D eigenvalue weighted by Crippen LogP contribution is -2.48. The molecule has 1 amide bonds. The van der Waals surface area contributed by atoms with Gasteiger partial charge in [-0.1, -0.05) is 0 Å². The van der Waals surface area contributed by atoms with Gasteiger partial charge in [0.25, 0.3) is 0 Å². The van der Waals surface area contributed by atoms with Crippen LogP contribution in [-0.4, -0.2) is 72.9 Å². The van der Waals surface area contributed by atoms with Crippen molar-refractivity contribution in [2.24, 2.45) is 0 Å². The highest BCUT2D eigenvalue weighted by Crippen LogP contribution is 2.15. The van der Waals surface area contributed by atoms with Gasteiger partial charge in [-0.05, 0) is 5.21 Å². The van der Waals surface area contributed by atoms with Crippen molar-refractivity contribution in [1.82, 2.24) is 35.5 Å². The second-order valence-corrected chi connectivity index (χ2v) is 4.26. The Morgan fingerprint density at radius 2 is 1.90 bits per heavy atom. The third-order valence-electron chi connectivity index (χ3n) is 3.07. The summed E-state index contributed by atoms with van der Waals surface area (Å²) in [5.74, 6) is 1.01. The van der Waals surface area contributed by atoms with Crippen LogP contribution in [0.1, 0.15) is 0 Å². The van der Waals surface area contributed by atoms with Gasteiger partial charge < -0.3 is 14.9 Å². The molecule has 0 unspecified atom stereocenters. The number of carboxylic acid groups (broad SMARTS) is 1. The molecule has 0 aliphatic carbocycles. The van der Waals surface area contributed by atoms with E-state index in [1.165, 1.54) is 4.90 Å². The molecule has 20 heavy (non-hydrogen) atoms. The highest BCUT2D eigenvalue weighted by Gasteiger charge is 2.21. The van der Waals surface area contributed by atoms with Gasteiger partial charge in [-0.25, -0.2) is 14.8 Å². The molecule has 1 aliphatic heterocycles. The number of piperazine rings is 1. The quantitative estimate of drug-likeness (QED) is 0.749. The highest BCUT2D eigenvalue weighted by molar-refractivity contribution is 5.65. The fourth-order valence-corrected chi connectivity index (χ4v) is 1.98. The molecule has 0 spiro atoms. The number of aromatic nitrogens is 6. The number of hydrogen-bond acceptors (Lipinski definition) is 7. The summed E-state index contributed by atoms with van der Waals surface area (Å²) < 4.78 is 0. The monoisotopic (exact) mass is 276 g/mol. The molecule has 0 radical (unpaired) electrons. The third kappa shape index (κ3) is 2.35. The van der Waals surface area contributed by atoms with Crippen LogP contribution in [0.2, 0.25) is 0 Å². The number of aromatic amines is 1. The van der Waals surface area contributed by atoms with E-state index in [-0.39, 0.29) is 0 Å². The van der Waals surface area contributed by atoms with Crippen molar-refractivity contribution >= 4 is 12.0 Å². The summed E-state index contributed by atoms with van der Waals surface area (Å²) in [5, 5.41) is 22.4. The first-order chi connectivity index (χ1) is 9.74. The average molecular weight is 276 g/mol. The van der Waals surface area contributed by atoms with E-state index in [4.69, 9.17) is 5.11 Å². The van der Waals surface area contributed by atoms with Gasteiger partial charge in [-0.15, -0.1) is 10.2 Å². The molecule has 1 fully saturated rings. The van der Waals surface area contributed by atoms with Crippen molar-refractivity contribution in [3.63, 3.8) is 0 Å². The van der Waals surface area contributed by atoms with E-state index in [9.17, 15) is 4.79 Å². The molecule has 0 bridgehead atoms. The van der Waals surface area contributed by atoms with Crippen molar-refractivity contribution in [2.75, 3.05) is 31.1 Å². The molecular weight excluding hydrogens is 264 g/mol. The topological polar surface area (TPSA) is 124 Å². The molecule has 2 aromatic heterocycles. The van der Waals surface area contributed by atoms with Crippen LogP contribution in [0, 0.1) is 0 Å². The summed E-state index contributed by atoms with van der Waals surface area (Å²) in [6.07, 6.45) is 2.35. The first-order valence-corrected chi connectivity index (χ1v) is 6.03. The minimum absolute atomic E-state index is 0.437. The highest BCUT2D eigenvalue weighted by atomic mass is 16.4.